The summed E-state index contributed by atoms with van der Waals surface area (Å²) in [7, 11) is 1.77. The summed E-state index contributed by atoms with van der Waals surface area (Å²) < 4.78 is 6.80. The van der Waals surface area contributed by atoms with Gasteiger partial charge in [0.1, 0.15) is 5.75 Å². The number of halogens is 1. The van der Waals surface area contributed by atoms with Crippen LogP contribution in [0.25, 0.3) is 0 Å². The largest absolute Gasteiger partial charge is 0.496 e. The van der Waals surface area contributed by atoms with Gasteiger partial charge >= 0.3 is 0 Å². The maximum atomic E-state index is 5.60. The Bertz CT molecular complexity index is 470. The minimum Gasteiger partial charge on any atom is -0.496 e. The summed E-state index contributed by atoms with van der Waals surface area (Å²) in [6, 6.07) is 4.61. The van der Waals surface area contributed by atoms with Crippen LogP contribution >= 0.6 is 15.9 Å². The van der Waals surface area contributed by atoms with Gasteiger partial charge in [0, 0.05) is 16.1 Å². The quantitative estimate of drug-likeness (QED) is 0.790. The lowest BCUT2D eigenvalue weighted by Gasteiger charge is -2.28. The van der Waals surface area contributed by atoms with Crippen molar-refractivity contribution in [2.45, 2.75) is 52.5 Å². The SMILES string of the molecule is CCCNC1CC(C)(C)CCc2c(OC)ccc(Br)c21. The van der Waals surface area contributed by atoms with E-state index in [1.807, 2.05) is 0 Å². The van der Waals surface area contributed by atoms with Crippen LogP contribution in [0.1, 0.15) is 57.2 Å². The molecule has 1 atom stereocenters. The van der Waals surface area contributed by atoms with Crippen LogP contribution in [0.5, 0.6) is 5.75 Å². The molecule has 0 bridgehead atoms. The Morgan fingerprint density at radius 1 is 1.40 bits per heavy atom. The molecule has 1 aromatic carbocycles. The Labute approximate surface area is 131 Å². The molecule has 0 fully saturated rings. The maximum Gasteiger partial charge on any atom is 0.122 e. The van der Waals surface area contributed by atoms with Crippen LogP contribution in [0.4, 0.5) is 0 Å². The highest BCUT2D eigenvalue weighted by atomic mass is 79.9. The molecule has 112 valence electrons. The van der Waals surface area contributed by atoms with Crippen molar-refractivity contribution >= 4 is 15.9 Å². The van der Waals surface area contributed by atoms with E-state index in [1.54, 1.807) is 7.11 Å². The number of hydrogen-bond acceptors (Lipinski definition) is 2. The van der Waals surface area contributed by atoms with Crippen LogP contribution in [-0.2, 0) is 6.42 Å². The first kappa shape index (κ1) is 15.8. The number of fused-ring (bicyclic) bond motifs is 1. The predicted octanol–water partition coefficient (Wildman–Crippen LogP) is 4.86. The molecule has 2 rings (SSSR count). The van der Waals surface area contributed by atoms with Crippen LogP contribution in [0.15, 0.2) is 16.6 Å². The van der Waals surface area contributed by atoms with E-state index in [9.17, 15) is 0 Å². The van der Waals surface area contributed by atoms with E-state index < -0.39 is 0 Å². The molecule has 1 aliphatic carbocycles. The first-order valence-corrected chi connectivity index (χ1v) is 8.36. The van der Waals surface area contributed by atoms with Gasteiger partial charge in [-0.15, -0.1) is 0 Å². The molecular formula is C17H26BrNO. The van der Waals surface area contributed by atoms with Gasteiger partial charge in [-0.05, 0) is 55.3 Å². The second-order valence-corrected chi connectivity index (χ2v) is 7.37. The topological polar surface area (TPSA) is 21.3 Å². The van der Waals surface area contributed by atoms with Crippen molar-refractivity contribution in [3.8, 4) is 5.75 Å². The molecule has 0 amide bonds. The lowest BCUT2D eigenvalue weighted by molar-refractivity contribution is 0.273. The van der Waals surface area contributed by atoms with Crippen molar-refractivity contribution in [2.75, 3.05) is 13.7 Å². The summed E-state index contributed by atoms with van der Waals surface area (Å²) in [6.07, 6.45) is 4.63. The van der Waals surface area contributed by atoms with Gasteiger partial charge in [-0.1, -0.05) is 36.7 Å². The molecule has 0 saturated carbocycles. The summed E-state index contributed by atoms with van der Waals surface area (Å²) in [5.74, 6) is 1.03. The van der Waals surface area contributed by atoms with Crippen molar-refractivity contribution in [3.63, 3.8) is 0 Å². The summed E-state index contributed by atoms with van der Waals surface area (Å²) in [5.41, 5.74) is 3.14. The van der Waals surface area contributed by atoms with E-state index in [-0.39, 0.29) is 0 Å². The Morgan fingerprint density at radius 2 is 2.15 bits per heavy atom. The van der Waals surface area contributed by atoms with Crippen molar-refractivity contribution in [1.29, 1.82) is 0 Å². The van der Waals surface area contributed by atoms with Crippen LogP contribution in [0, 0.1) is 5.41 Å². The summed E-state index contributed by atoms with van der Waals surface area (Å²) in [6.45, 7) is 8.03. The highest BCUT2D eigenvalue weighted by Crippen LogP contribution is 2.44. The fourth-order valence-electron chi connectivity index (χ4n) is 3.15. The van der Waals surface area contributed by atoms with E-state index in [0.29, 0.717) is 11.5 Å². The van der Waals surface area contributed by atoms with Crippen molar-refractivity contribution in [1.82, 2.24) is 5.32 Å². The molecule has 1 unspecified atom stereocenters. The minimum atomic E-state index is 0.356. The third kappa shape index (κ3) is 3.37. The Morgan fingerprint density at radius 3 is 2.80 bits per heavy atom. The highest BCUT2D eigenvalue weighted by molar-refractivity contribution is 9.10. The standard InChI is InChI=1S/C17H26BrNO/c1-5-10-19-14-11-17(2,3)9-8-12-15(20-4)7-6-13(18)16(12)14/h6-7,14,19H,5,8-11H2,1-4H3. The zero-order chi connectivity index (χ0) is 14.8. The Hall–Kier alpha value is -0.540. The lowest BCUT2D eigenvalue weighted by Crippen LogP contribution is -2.26. The van der Waals surface area contributed by atoms with Gasteiger partial charge in [-0.25, -0.2) is 0 Å². The van der Waals surface area contributed by atoms with Gasteiger partial charge in [0.15, 0.2) is 0 Å². The smallest absolute Gasteiger partial charge is 0.122 e. The predicted molar refractivity (Wildman–Crippen MR) is 88.4 cm³/mol. The number of ether oxygens (including phenoxy) is 1. The molecule has 20 heavy (non-hydrogen) atoms. The average Bonchev–Trinajstić information content (AvgIpc) is 2.54. The highest BCUT2D eigenvalue weighted by Gasteiger charge is 2.31. The van der Waals surface area contributed by atoms with Crippen molar-refractivity contribution < 1.29 is 4.74 Å². The molecule has 1 N–H and O–H groups in total. The second kappa shape index (κ2) is 6.48. The van der Waals surface area contributed by atoms with Gasteiger partial charge in [0.25, 0.3) is 0 Å². The first-order valence-electron chi connectivity index (χ1n) is 7.57. The van der Waals surface area contributed by atoms with E-state index in [0.717, 1.165) is 25.1 Å². The van der Waals surface area contributed by atoms with Crippen molar-refractivity contribution in [3.05, 3.63) is 27.7 Å². The van der Waals surface area contributed by atoms with Crippen molar-refractivity contribution in [2.24, 2.45) is 5.41 Å². The number of hydrogen-bond donors (Lipinski definition) is 1. The van der Waals surface area contributed by atoms with E-state index >= 15 is 0 Å². The molecule has 3 heteroatoms. The van der Waals surface area contributed by atoms with Crippen LogP contribution in [0.3, 0.4) is 0 Å². The molecular weight excluding hydrogens is 314 g/mol. The number of nitrogens with one attached hydrogen (secondary N) is 1. The molecule has 0 aromatic heterocycles. The molecule has 0 spiro atoms. The van der Waals surface area contributed by atoms with Gasteiger partial charge < -0.3 is 10.1 Å². The maximum absolute atomic E-state index is 5.60. The Kier molecular flexibility index (Phi) is 5.14. The summed E-state index contributed by atoms with van der Waals surface area (Å²) in [4.78, 5) is 0. The first-order chi connectivity index (χ1) is 9.48. The number of benzene rings is 1. The van der Waals surface area contributed by atoms with Gasteiger partial charge in [-0.2, -0.15) is 0 Å². The molecule has 1 aromatic rings. The Balaban J connectivity index is 2.46. The fourth-order valence-corrected chi connectivity index (χ4v) is 3.80. The van der Waals surface area contributed by atoms with Gasteiger partial charge in [-0.3, -0.25) is 0 Å². The van der Waals surface area contributed by atoms with Crippen LogP contribution in [-0.4, -0.2) is 13.7 Å². The number of rotatable bonds is 4. The third-order valence-corrected chi connectivity index (χ3v) is 4.97. The lowest BCUT2D eigenvalue weighted by atomic mass is 9.83. The summed E-state index contributed by atoms with van der Waals surface area (Å²) in [5, 5.41) is 3.73. The van der Waals surface area contributed by atoms with Gasteiger partial charge in [0.2, 0.25) is 0 Å². The van der Waals surface area contributed by atoms with E-state index in [4.69, 9.17) is 4.74 Å². The molecule has 0 saturated heterocycles. The average molecular weight is 340 g/mol. The second-order valence-electron chi connectivity index (χ2n) is 6.52. The van der Waals surface area contributed by atoms with Crippen LogP contribution in [0.2, 0.25) is 0 Å². The summed E-state index contributed by atoms with van der Waals surface area (Å²) >= 11 is 3.75. The van der Waals surface area contributed by atoms with Crippen LogP contribution < -0.4 is 10.1 Å². The number of methoxy groups -OCH3 is 1. The van der Waals surface area contributed by atoms with E-state index in [2.05, 4.69) is 54.2 Å². The molecule has 1 aliphatic rings. The fraction of sp³-hybridized carbons (Fsp3) is 0.647. The third-order valence-electron chi connectivity index (χ3n) is 4.28. The zero-order valence-corrected chi connectivity index (χ0v) is 14.6. The van der Waals surface area contributed by atoms with E-state index in [1.165, 1.54) is 28.4 Å². The molecule has 0 radical (unpaired) electrons. The monoisotopic (exact) mass is 339 g/mol. The zero-order valence-electron chi connectivity index (χ0n) is 13.1. The van der Waals surface area contributed by atoms with Gasteiger partial charge in [0.05, 0.1) is 7.11 Å². The molecule has 0 aliphatic heterocycles. The molecule has 2 nitrogen and oxygen atoms in total. The minimum absolute atomic E-state index is 0.356. The normalized spacial score (nSPS) is 21.1. The molecule has 0 heterocycles.